The number of benzene rings is 1. The molecule has 0 fully saturated rings. The lowest BCUT2D eigenvalue weighted by atomic mass is 10.0. The number of hydrogen-bond donors (Lipinski definition) is 6. The van der Waals surface area contributed by atoms with Crippen molar-refractivity contribution in [3.63, 3.8) is 0 Å². The highest BCUT2D eigenvalue weighted by Gasteiger charge is 2.25. The molecule has 7 N–H and O–H groups in total. The van der Waals surface area contributed by atoms with Crippen LogP contribution in [0.25, 0.3) is 0 Å². The first-order chi connectivity index (χ1) is 17.7. The quantitative estimate of drug-likeness (QED) is 0.178. The highest BCUT2D eigenvalue weighted by atomic mass is 79.9. The average Bonchev–Trinajstić information content (AvgIpc) is 2.88. The van der Waals surface area contributed by atoms with Gasteiger partial charge in [-0.3, -0.25) is 24.4 Å². The van der Waals surface area contributed by atoms with Gasteiger partial charge in [-0.1, -0.05) is 11.6 Å². The summed E-state index contributed by atoms with van der Waals surface area (Å²) in [5.74, 6) is 3.19. The van der Waals surface area contributed by atoms with Crippen LogP contribution >= 0.6 is 27.5 Å². The van der Waals surface area contributed by atoms with Gasteiger partial charge in [0.05, 0.1) is 49.1 Å². The molecule has 16 heteroatoms. The van der Waals surface area contributed by atoms with Gasteiger partial charge < -0.3 is 31.2 Å². The van der Waals surface area contributed by atoms with Crippen molar-refractivity contribution in [3.8, 4) is 0 Å². The van der Waals surface area contributed by atoms with Crippen molar-refractivity contribution < 1.29 is 24.3 Å². The highest BCUT2D eigenvalue weighted by Crippen LogP contribution is 2.37. The molecule has 0 saturated heterocycles. The fourth-order valence-corrected chi connectivity index (χ4v) is 4.20. The molecule has 2 amide bonds. The van der Waals surface area contributed by atoms with Crippen LogP contribution in [0.5, 0.6) is 0 Å². The van der Waals surface area contributed by atoms with Crippen LogP contribution in [0.1, 0.15) is 28.4 Å². The monoisotopic (exact) mass is 596 g/mol. The first-order valence-corrected chi connectivity index (χ1v) is 11.8. The normalized spacial score (nSPS) is 15.5. The molecular weight excluding hydrogens is 576 g/mol. The van der Waals surface area contributed by atoms with Gasteiger partial charge in [-0.05, 0) is 39.3 Å². The second kappa shape index (κ2) is 13.0. The number of nitrogens with one attached hydrogen (secondary N) is 4. The van der Waals surface area contributed by atoms with E-state index in [4.69, 9.17) is 17.5 Å². The van der Waals surface area contributed by atoms with Gasteiger partial charge >= 0.3 is 5.97 Å². The van der Waals surface area contributed by atoms with Gasteiger partial charge in [0.2, 0.25) is 5.91 Å². The molecule has 0 bridgehead atoms. The second-order valence-corrected chi connectivity index (χ2v) is 9.02. The summed E-state index contributed by atoms with van der Waals surface area (Å²) in [4.78, 5) is 60.7. The molecule has 1 aromatic carbocycles. The minimum absolute atomic E-state index is 0.0782. The van der Waals surface area contributed by atoms with Crippen molar-refractivity contribution in [3.05, 3.63) is 56.1 Å². The highest BCUT2D eigenvalue weighted by molar-refractivity contribution is 9.10. The number of aliphatic imine (C=N–C) groups is 1. The number of halogens is 2. The van der Waals surface area contributed by atoms with Gasteiger partial charge in [0, 0.05) is 27.8 Å². The van der Waals surface area contributed by atoms with E-state index >= 15 is 0 Å². The number of nitroso groups, excluding NO2 is 1. The third-order valence-corrected chi connectivity index (χ3v) is 5.82. The van der Waals surface area contributed by atoms with E-state index in [1.54, 1.807) is 0 Å². The minimum Gasteiger partial charge on any atom is -0.389 e. The Hall–Kier alpha value is -3.66. The molecule has 3 rings (SSSR count). The Kier molecular flexibility index (Phi) is 9.85. The van der Waals surface area contributed by atoms with Gasteiger partial charge in [0.1, 0.15) is 5.69 Å². The summed E-state index contributed by atoms with van der Waals surface area (Å²) in [6.07, 6.45) is 1.78. The number of nitrogens with two attached hydrogens (primary N) is 1. The predicted octanol–water partition coefficient (Wildman–Crippen LogP) is 1.02. The third kappa shape index (κ3) is 7.91. The molecule has 0 saturated carbocycles. The van der Waals surface area contributed by atoms with Crippen LogP contribution in [0, 0.1) is 4.91 Å². The van der Waals surface area contributed by atoms with Crippen molar-refractivity contribution in [2.24, 2.45) is 16.1 Å². The molecule has 14 nitrogen and oxygen atoms in total. The maximum absolute atomic E-state index is 12.6. The number of anilines is 1. The number of aliphatic hydroxyl groups excluding tert-OH is 1. The van der Waals surface area contributed by atoms with Gasteiger partial charge in [0.25, 0.3) is 5.91 Å². The molecule has 1 aliphatic heterocycles. The van der Waals surface area contributed by atoms with Crippen LogP contribution in [-0.4, -0.2) is 59.6 Å². The van der Waals surface area contributed by atoms with Gasteiger partial charge in [0.15, 0.2) is 5.96 Å². The summed E-state index contributed by atoms with van der Waals surface area (Å²) < 4.78 is 0.255. The fourth-order valence-electron chi connectivity index (χ4n) is 3.29. The summed E-state index contributed by atoms with van der Waals surface area (Å²) in [5.41, 5.74) is 0.684. The first kappa shape index (κ1) is 27.9. The molecule has 1 aromatic heterocycles. The van der Waals surface area contributed by atoms with Crippen molar-refractivity contribution in [2.75, 3.05) is 25.0 Å². The number of rotatable bonds is 9. The maximum atomic E-state index is 12.6. The molecule has 2 aromatic rings. The molecule has 2 heterocycles. The van der Waals surface area contributed by atoms with Crippen molar-refractivity contribution >= 4 is 62.6 Å². The van der Waals surface area contributed by atoms with E-state index in [2.05, 4.69) is 57.2 Å². The zero-order valence-corrected chi connectivity index (χ0v) is 21.4. The molecule has 196 valence electrons. The Morgan fingerprint density at radius 1 is 1.32 bits per heavy atom. The number of carbonyl (C=O) groups is 3. The topological polar surface area (TPSA) is 209 Å². The van der Waals surface area contributed by atoms with E-state index < -0.39 is 42.9 Å². The number of aliphatic hydroxyl groups is 1. The first-order valence-electron chi connectivity index (χ1n) is 10.7. The van der Waals surface area contributed by atoms with Crippen LogP contribution < -0.4 is 27.2 Å². The van der Waals surface area contributed by atoms with Crippen molar-refractivity contribution in [1.29, 1.82) is 0 Å². The van der Waals surface area contributed by atoms with E-state index in [1.807, 2.05) is 0 Å². The molecule has 0 spiro atoms. The summed E-state index contributed by atoms with van der Waals surface area (Å²) >= 11 is 9.23. The summed E-state index contributed by atoms with van der Waals surface area (Å²) in [6.45, 7) is 0.0933. The second-order valence-electron chi connectivity index (χ2n) is 7.72. The van der Waals surface area contributed by atoms with Crippen LogP contribution in [0.3, 0.4) is 0 Å². The Labute approximate surface area is 223 Å². The number of hydrogen-bond acceptors (Lipinski definition) is 12. The van der Waals surface area contributed by atoms with Crippen molar-refractivity contribution in [2.45, 2.75) is 18.6 Å². The van der Waals surface area contributed by atoms with E-state index in [0.717, 1.165) is 0 Å². The van der Waals surface area contributed by atoms with Gasteiger partial charge in [-0.15, -0.1) is 4.91 Å². The Morgan fingerprint density at radius 2 is 2.11 bits per heavy atom. The lowest BCUT2D eigenvalue weighted by Gasteiger charge is -2.20. The molecular formula is C21H22BrClN8O6. The van der Waals surface area contributed by atoms with E-state index in [0.29, 0.717) is 18.2 Å². The molecule has 37 heavy (non-hydrogen) atoms. The summed E-state index contributed by atoms with van der Waals surface area (Å²) in [7, 11) is 0. The third-order valence-electron chi connectivity index (χ3n) is 5.00. The Morgan fingerprint density at radius 3 is 2.78 bits per heavy atom. The lowest BCUT2D eigenvalue weighted by Crippen LogP contribution is -2.42. The number of β-amino-alcohol motifs (C(OH)–C–C–N with tert-alkyl or cyclic N) is 1. The molecule has 1 unspecified atom stereocenters. The van der Waals surface area contributed by atoms with Crippen molar-refractivity contribution in [1.82, 2.24) is 20.9 Å². The Balaban J connectivity index is 1.66. The fraction of sp³-hybridized carbons (Fsp3) is 0.286. The standard InChI is InChI=1S/C21H22BrClN8O6/c22-15-3-11(23)2-14(19(15)31-36)16(4-18(34)37-24)30-17(33)9-26-20(35)10-1-12(6-25-5-10)29-21-27-7-13(32)8-28-21/h1-3,5-6,13,16,32H,4,7-9,24H2,(H,26,35)(H,30,33)(H2,27,28,29)/t16-/m0/s1. The largest absolute Gasteiger partial charge is 0.389 e. The Bertz CT molecular complexity index is 1230. The minimum atomic E-state index is -1.08. The van der Waals surface area contributed by atoms with Gasteiger partial charge in [-0.2, -0.15) is 5.90 Å². The van der Waals surface area contributed by atoms with Crippen LogP contribution in [0.4, 0.5) is 11.4 Å². The smallest absolute Gasteiger partial charge is 0.326 e. The maximum Gasteiger partial charge on any atom is 0.326 e. The van der Waals surface area contributed by atoms with Gasteiger partial charge in [-0.25, -0.2) is 0 Å². The molecule has 0 aliphatic carbocycles. The van der Waals surface area contributed by atoms with Crippen LogP contribution in [0.15, 0.2) is 45.2 Å². The average molecular weight is 598 g/mol. The van der Waals surface area contributed by atoms with Crippen LogP contribution in [-0.2, 0) is 14.4 Å². The molecule has 1 aliphatic rings. The lowest BCUT2D eigenvalue weighted by molar-refractivity contribution is -0.144. The number of carbonyl (C=O) groups excluding carboxylic acids is 3. The SMILES string of the molecule is NOC(=O)C[C@H](NC(=O)CNC(=O)c1cncc(NC2=NCC(O)CN2)c1)c1cc(Cl)cc(Br)c1N=O. The van der Waals surface area contributed by atoms with E-state index in [1.165, 1.54) is 30.6 Å². The summed E-state index contributed by atoms with van der Waals surface area (Å²) in [5, 5.41) is 23.5. The number of nitrogens with zero attached hydrogens (tertiary/aromatic N) is 3. The number of amides is 2. The van der Waals surface area contributed by atoms with Crippen LogP contribution in [0.2, 0.25) is 5.02 Å². The molecule has 0 radical (unpaired) electrons. The number of pyridine rings is 1. The number of aromatic nitrogens is 1. The zero-order chi connectivity index (χ0) is 26.9. The van der Waals surface area contributed by atoms with E-state index in [9.17, 15) is 24.4 Å². The zero-order valence-electron chi connectivity index (χ0n) is 19.0. The predicted molar refractivity (Wildman–Crippen MR) is 137 cm³/mol. The number of guanidine groups is 1. The molecule has 2 atom stereocenters. The van der Waals surface area contributed by atoms with E-state index in [-0.39, 0.29) is 32.9 Å². The summed E-state index contributed by atoms with van der Waals surface area (Å²) in [6, 6.07) is 3.22.